The highest BCUT2D eigenvalue weighted by Gasteiger charge is 2.21. The second kappa shape index (κ2) is 20.0. The van der Waals surface area contributed by atoms with Crippen molar-refractivity contribution in [3.8, 4) is 45.6 Å². The Kier molecular flexibility index (Phi) is 13.0. The van der Waals surface area contributed by atoms with Crippen LogP contribution in [0.15, 0.2) is 239 Å². The van der Waals surface area contributed by atoms with E-state index in [1.54, 1.807) is 0 Å². The summed E-state index contributed by atoms with van der Waals surface area (Å²) in [6.45, 7) is 0. The number of hydrogen-bond acceptors (Lipinski definition) is 8. The van der Waals surface area contributed by atoms with Crippen LogP contribution in [0.5, 0.6) is 0 Å². The second-order valence-electron chi connectivity index (χ2n) is 14.3. The molecular weight excluding hydrogens is 920 g/mol. The van der Waals surface area contributed by atoms with Crippen LogP contribution in [0.25, 0.3) is 45.6 Å². The lowest BCUT2D eigenvalue weighted by Crippen LogP contribution is -2.15. The zero-order chi connectivity index (χ0) is 43.5. The van der Waals surface area contributed by atoms with Gasteiger partial charge < -0.3 is 0 Å². The lowest BCUT2D eigenvalue weighted by Gasteiger charge is -2.24. The van der Waals surface area contributed by atoms with Gasteiger partial charge >= 0.3 is 0 Å². The average Bonchev–Trinajstić information content (AvgIpc) is 3.37. The molecule has 308 valence electrons. The summed E-state index contributed by atoms with van der Waals surface area (Å²) in [5.74, 6) is 3.65. The van der Waals surface area contributed by atoms with E-state index in [0.717, 1.165) is 53.9 Å². The first-order valence-corrected chi connectivity index (χ1v) is 22.1. The highest BCUT2D eigenvalue weighted by Crippen LogP contribution is 2.36. The first-order chi connectivity index (χ1) is 31.6. The fourth-order valence-electron chi connectivity index (χ4n) is 6.89. The third-order valence-corrected chi connectivity index (χ3v) is 11.0. The van der Waals surface area contributed by atoms with Crippen LogP contribution < -0.4 is 9.80 Å². The van der Waals surface area contributed by atoms with Gasteiger partial charge in [0, 0.05) is 53.9 Å². The number of hydrogen-bond donors (Lipinski definition) is 0. The number of nitrogens with zero attached hydrogens (tertiary/aromatic N) is 8. The molecule has 0 N–H and O–H groups in total. The van der Waals surface area contributed by atoms with Crippen molar-refractivity contribution in [3.63, 3.8) is 0 Å². The van der Waals surface area contributed by atoms with Crippen molar-refractivity contribution in [2.45, 2.75) is 0 Å². The van der Waals surface area contributed by atoms with Crippen molar-refractivity contribution in [1.82, 2.24) is 29.9 Å². The number of rotatable bonds is 10. The molecule has 0 aliphatic heterocycles. The van der Waals surface area contributed by atoms with E-state index in [1.807, 2.05) is 211 Å². The number of para-hydroxylation sites is 2. The molecule has 2 heterocycles. The molecule has 0 aliphatic rings. The van der Waals surface area contributed by atoms with Gasteiger partial charge in [-0.3, -0.25) is 9.80 Å². The summed E-state index contributed by atoms with van der Waals surface area (Å²) < 4.78 is 2.01. The molecule has 8 nitrogen and oxygen atoms in total. The molecule has 10 rings (SSSR count). The quantitative estimate of drug-likeness (QED) is 0.134. The summed E-state index contributed by atoms with van der Waals surface area (Å²) in [7, 11) is 0. The van der Waals surface area contributed by atoms with Crippen molar-refractivity contribution in [2.24, 2.45) is 0 Å². The van der Waals surface area contributed by atoms with Gasteiger partial charge in [-0.1, -0.05) is 190 Å². The minimum Gasteiger partial charge on any atom is -0.279 e. The van der Waals surface area contributed by atoms with Gasteiger partial charge in [0.15, 0.2) is 23.3 Å². The summed E-state index contributed by atoms with van der Waals surface area (Å²) in [6.07, 6.45) is 0. The van der Waals surface area contributed by atoms with E-state index >= 15 is 0 Å². The highest BCUT2D eigenvalue weighted by atomic mass is 79.9. The van der Waals surface area contributed by atoms with Crippen LogP contribution in [-0.4, -0.2) is 29.9 Å². The van der Waals surface area contributed by atoms with Crippen LogP contribution in [0, 0.1) is 0 Å². The van der Waals surface area contributed by atoms with E-state index in [1.165, 1.54) is 0 Å². The molecule has 0 bridgehead atoms. The van der Waals surface area contributed by atoms with Crippen molar-refractivity contribution < 1.29 is 0 Å². The summed E-state index contributed by atoms with van der Waals surface area (Å²) >= 11 is 7.07. The average molecular weight is 959 g/mol. The van der Waals surface area contributed by atoms with Gasteiger partial charge in [0.2, 0.25) is 11.9 Å². The lowest BCUT2D eigenvalue weighted by atomic mass is 10.2. The number of anilines is 6. The fraction of sp³-hybridized carbons (Fsp3) is 0. The monoisotopic (exact) mass is 956 g/mol. The number of benzene rings is 8. The van der Waals surface area contributed by atoms with Crippen LogP contribution in [0.3, 0.4) is 0 Å². The van der Waals surface area contributed by atoms with Crippen LogP contribution in [0.2, 0.25) is 0 Å². The molecule has 0 unspecified atom stereocenters. The highest BCUT2D eigenvalue weighted by molar-refractivity contribution is 9.10. The lowest BCUT2D eigenvalue weighted by molar-refractivity contribution is 1.02. The zero-order valence-corrected chi connectivity index (χ0v) is 37.4. The second-order valence-corrected chi connectivity index (χ2v) is 16.2. The molecule has 0 radical (unpaired) electrons. The third kappa shape index (κ3) is 10.0. The molecule has 2 aromatic heterocycles. The number of halogens is 2. The molecule has 0 saturated heterocycles. The molecule has 10 aromatic rings. The van der Waals surface area contributed by atoms with Crippen molar-refractivity contribution in [2.75, 3.05) is 9.80 Å². The smallest absolute Gasteiger partial charge is 0.238 e. The van der Waals surface area contributed by atoms with E-state index < -0.39 is 0 Å². The predicted molar refractivity (Wildman–Crippen MR) is 266 cm³/mol. The van der Waals surface area contributed by atoms with Crippen LogP contribution in [0.1, 0.15) is 0 Å². The minimum absolute atomic E-state index is 0.548. The molecule has 0 atom stereocenters. The zero-order valence-electron chi connectivity index (χ0n) is 34.3. The van der Waals surface area contributed by atoms with Crippen LogP contribution in [-0.2, 0) is 0 Å². The van der Waals surface area contributed by atoms with Gasteiger partial charge in [0.25, 0.3) is 0 Å². The van der Waals surface area contributed by atoms with Crippen LogP contribution in [0.4, 0.5) is 34.6 Å². The van der Waals surface area contributed by atoms with Crippen molar-refractivity contribution >= 4 is 66.5 Å². The summed E-state index contributed by atoms with van der Waals surface area (Å²) in [4.78, 5) is 33.3. The molecule has 0 amide bonds. The molecule has 0 saturated carbocycles. The van der Waals surface area contributed by atoms with Gasteiger partial charge in [-0.2, -0.15) is 19.9 Å². The van der Waals surface area contributed by atoms with Gasteiger partial charge in [-0.25, -0.2) is 9.97 Å². The fourth-order valence-corrected chi connectivity index (χ4v) is 7.42. The molecule has 0 spiro atoms. The van der Waals surface area contributed by atoms with Gasteiger partial charge in [-0.05, 0) is 72.8 Å². The van der Waals surface area contributed by atoms with Gasteiger partial charge in [0.05, 0.1) is 0 Å². The Morgan fingerprint density at radius 3 is 0.703 bits per heavy atom. The van der Waals surface area contributed by atoms with E-state index in [0.29, 0.717) is 35.2 Å². The SMILES string of the molecule is Brc1ccc(N(c2ccc(Br)cc2)c2nc(-c3ccccc3)nc(-c3ccccc3)n2)cc1.c1ccc(-c2nc(-c3ccccc3)nc(N(c3ccccc3)c3ccccc3)n2)cc1. The molecule has 0 aliphatic carbocycles. The van der Waals surface area contributed by atoms with Crippen molar-refractivity contribution in [1.29, 1.82) is 0 Å². The Bertz CT molecular complexity index is 2840. The minimum atomic E-state index is 0.548. The maximum absolute atomic E-state index is 4.91. The largest absolute Gasteiger partial charge is 0.279 e. The Hall–Kier alpha value is -7.66. The van der Waals surface area contributed by atoms with E-state index in [2.05, 4.69) is 61.0 Å². The number of aromatic nitrogens is 6. The Labute approximate surface area is 389 Å². The van der Waals surface area contributed by atoms with E-state index in [4.69, 9.17) is 29.9 Å². The van der Waals surface area contributed by atoms with Crippen molar-refractivity contribution in [3.05, 3.63) is 239 Å². The molecule has 64 heavy (non-hydrogen) atoms. The first kappa shape index (κ1) is 41.7. The summed E-state index contributed by atoms with van der Waals surface area (Å²) in [5.41, 5.74) is 7.63. The first-order valence-electron chi connectivity index (χ1n) is 20.5. The Morgan fingerprint density at radius 1 is 0.234 bits per heavy atom. The maximum atomic E-state index is 4.91. The van der Waals surface area contributed by atoms with Crippen LogP contribution >= 0.6 is 31.9 Å². The summed E-state index contributed by atoms with van der Waals surface area (Å²) in [6, 6.07) is 76.5. The molecule has 0 fully saturated rings. The Morgan fingerprint density at radius 2 is 0.453 bits per heavy atom. The Balaban J connectivity index is 0.000000162. The molecule has 8 aromatic carbocycles. The third-order valence-electron chi connectivity index (χ3n) is 9.97. The maximum Gasteiger partial charge on any atom is 0.238 e. The molecule has 10 heteroatoms. The van der Waals surface area contributed by atoms with Gasteiger partial charge in [-0.15, -0.1) is 0 Å². The standard InChI is InChI=1S/C27H18Br2N4.C27H20N4/c28-21-11-15-23(16-12-21)33(24-17-13-22(29)14-18-24)27-31-25(19-7-3-1-4-8-19)30-26(32-27)20-9-5-2-6-10-20;1-5-13-21(14-6-1)25-28-26(22-15-7-2-8-16-22)30-27(29-25)31(23-17-9-3-10-18-23)24-19-11-4-12-20-24/h1-18H;1-20H. The molecular formula is C54H38Br2N8. The summed E-state index contributed by atoms with van der Waals surface area (Å²) in [5, 5.41) is 0. The van der Waals surface area contributed by atoms with E-state index in [-0.39, 0.29) is 0 Å². The van der Waals surface area contributed by atoms with Gasteiger partial charge in [0.1, 0.15) is 0 Å². The predicted octanol–water partition coefficient (Wildman–Crippen LogP) is 14.9. The van der Waals surface area contributed by atoms with E-state index in [9.17, 15) is 0 Å². The normalized spacial score (nSPS) is 10.7. The topological polar surface area (TPSA) is 83.8 Å².